The monoisotopic (exact) mass is 257 g/mol. The summed E-state index contributed by atoms with van der Waals surface area (Å²) in [6.07, 6.45) is 4.47. The van der Waals surface area contributed by atoms with Crippen LogP contribution in [0, 0.1) is 0 Å². The average Bonchev–Trinajstić information content (AvgIpc) is 2.46. The van der Waals surface area contributed by atoms with Gasteiger partial charge in [0, 0.05) is 12.7 Å². The maximum atomic E-state index is 12.2. The zero-order valence-electron chi connectivity index (χ0n) is 10.7. The number of aromatic nitrogens is 3. The molecule has 0 aliphatic heterocycles. The van der Waals surface area contributed by atoms with E-state index in [0.29, 0.717) is 18.9 Å². The number of amides is 1. The molecule has 0 unspecified atom stereocenters. The average molecular weight is 257 g/mol. The van der Waals surface area contributed by atoms with E-state index in [1.54, 1.807) is 11.1 Å². The number of anilines is 1. The van der Waals surface area contributed by atoms with Crippen LogP contribution >= 0.6 is 0 Å². The first-order valence-corrected chi connectivity index (χ1v) is 5.97. The second-order valence-corrected chi connectivity index (χ2v) is 3.97. The first-order valence-electron chi connectivity index (χ1n) is 5.97. The van der Waals surface area contributed by atoms with Gasteiger partial charge in [0.1, 0.15) is 11.5 Å². The Morgan fingerprint density at radius 3 is 2.68 bits per heavy atom. The van der Waals surface area contributed by atoms with Gasteiger partial charge in [-0.1, -0.05) is 6.07 Å². The van der Waals surface area contributed by atoms with Crippen LogP contribution in [0.15, 0.2) is 36.8 Å². The molecular formula is C13H15N5O. The molecule has 0 saturated carbocycles. The van der Waals surface area contributed by atoms with Crippen LogP contribution in [0.3, 0.4) is 0 Å². The predicted molar refractivity (Wildman–Crippen MR) is 71.1 cm³/mol. The highest BCUT2D eigenvalue weighted by Gasteiger charge is 2.16. The van der Waals surface area contributed by atoms with E-state index in [1.807, 2.05) is 25.1 Å². The maximum absolute atomic E-state index is 12.2. The number of rotatable bonds is 4. The zero-order chi connectivity index (χ0) is 13.7. The maximum Gasteiger partial charge on any atom is 0.274 e. The Morgan fingerprint density at radius 2 is 2.11 bits per heavy atom. The van der Waals surface area contributed by atoms with Gasteiger partial charge < -0.3 is 10.6 Å². The Labute approximate surface area is 111 Å². The molecule has 2 heterocycles. The highest BCUT2D eigenvalue weighted by atomic mass is 16.2. The second kappa shape index (κ2) is 5.90. The van der Waals surface area contributed by atoms with Gasteiger partial charge in [-0.25, -0.2) is 9.97 Å². The van der Waals surface area contributed by atoms with Crippen LogP contribution < -0.4 is 5.73 Å². The molecule has 6 nitrogen and oxygen atoms in total. The van der Waals surface area contributed by atoms with E-state index in [1.165, 1.54) is 12.4 Å². The smallest absolute Gasteiger partial charge is 0.274 e. The molecule has 1 amide bonds. The summed E-state index contributed by atoms with van der Waals surface area (Å²) in [7, 11) is 0. The van der Waals surface area contributed by atoms with E-state index in [9.17, 15) is 4.79 Å². The van der Waals surface area contributed by atoms with Gasteiger partial charge in [0.15, 0.2) is 0 Å². The van der Waals surface area contributed by atoms with Gasteiger partial charge in [-0.3, -0.25) is 9.78 Å². The molecule has 0 radical (unpaired) electrons. The zero-order valence-corrected chi connectivity index (χ0v) is 10.7. The third kappa shape index (κ3) is 3.25. The molecule has 0 atom stereocenters. The van der Waals surface area contributed by atoms with Gasteiger partial charge in [0.25, 0.3) is 5.91 Å². The first-order chi connectivity index (χ1) is 9.20. The lowest BCUT2D eigenvalue weighted by Gasteiger charge is -2.19. The Balaban J connectivity index is 2.13. The Bertz CT molecular complexity index is 541. The minimum absolute atomic E-state index is 0.180. The van der Waals surface area contributed by atoms with E-state index in [-0.39, 0.29) is 11.6 Å². The molecular weight excluding hydrogens is 242 g/mol. The summed E-state index contributed by atoms with van der Waals surface area (Å²) >= 11 is 0. The van der Waals surface area contributed by atoms with E-state index >= 15 is 0 Å². The molecule has 0 bridgehead atoms. The molecule has 0 spiro atoms. The third-order valence-corrected chi connectivity index (χ3v) is 2.64. The number of nitrogen functional groups attached to an aromatic ring is 1. The van der Waals surface area contributed by atoms with Crippen LogP contribution in [-0.2, 0) is 6.54 Å². The van der Waals surface area contributed by atoms with Gasteiger partial charge >= 0.3 is 0 Å². The molecule has 98 valence electrons. The highest BCUT2D eigenvalue weighted by molar-refractivity contribution is 5.92. The molecule has 0 aliphatic carbocycles. The van der Waals surface area contributed by atoms with Crippen molar-refractivity contribution in [1.82, 2.24) is 19.9 Å². The Kier molecular flexibility index (Phi) is 4.02. The topological polar surface area (TPSA) is 85.0 Å². The summed E-state index contributed by atoms with van der Waals surface area (Å²) in [5.74, 6) is 0.116. The van der Waals surface area contributed by atoms with Crippen molar-refractivity contribution in [2.75, 3.05) is 12.3 Å². The van der Waals surface area contributed by atoms with Crippen molar-refractivity contribution in [2.24, 2.45) is 0 Å². The van der Waals surface area contributed by atoms with Crippen molar-refractivity contribution in [1.29, 1.82) is 0 Å². The van der Waals surface area contributed by atoms with Gasteiger partial charge in [-0.2, -0.15) is 0 Å². The third-order valence-electron chi connectivity index (χ3n) is 2.64. The summed E-state index contributed by atoms with van der Waals surface area (Å²) in [6.45, 7) is 2.93. The van der Waals surface area contributed by atoms with Crippen LogP contribution in [0.2, 0.25) is 0 Å². The number of nitrogens with two attached hydrogens (primary N) is 1. The van der Waals surface area contributed by atoms with Crippen molar-refractivity contribution in [2.45, 2.75) is 13.5 Å². The number of carbonyl (C=O) groups excluding carboxylic acids is 1. The lowest BCUT2D eigenvalue weighted by molar-refractivity contribution is 0.0744. The highest BCUT2D eigenvalue weighted by Crippen LogP contribution is 2.06. The van der Waals surface area contributed by atoms with Crippen molar-refractivity contribution >= 4 is 11.7 Å². The quantitative estimate of drug-likeness (QED) is 0.887. The lowest BCUT2D eigenvalue weighted by Crippen LogP contribution is -2.31. The van der Waals surface area contributed by atoms with Crippen molar-refractivity contribution < 1.29 is 4.79 Å². The number of carbonyl (C=O) groups is 1. The van der Waals surface area contributed by atoms with Gasteiger partial charge in [0.05, 0.1) is 24.6 Å². The molecule has 2 rings (SSSR count). The van der Waals surface area contributed by atoms with E-state index < -0.39 is 0 Å². The standard InChI is InChI=1S/C13H15N5O/c1-2-18(9-10-5-3-4-6-15-10)13(19)11-7-17-12(14)8-16-11/h3-8H,2,9H2,1H3,(H2,14,17). The van der Waals surface area contributed by atoms with Crippen LogP contribution in [0.25, 0.3) is 0 Å². The normalized spacial score (nSPS) is 10.2. The predicted octanol–water partition coefficient (Wildman–Crippen LogP) is 1.12. The molecule has 0 fully saturated rings. The number of pyridine rings is 1. The van der Waals surface area contributed by atoms with E-state index in [2.05, 4.69) is 15.0 Å². The number of nitrogens with zero attached hydrogens (tertiary/aromatic N) is 4. The fourth-order valence-corrected chi connectivity index (χ4v) is 1.62. The van der Waals surface area contributed by atoms with Crippen molar-refractivity contribution in [3.05, 3.63) is 48.2 Å². The SMILES string of the molecule is CCN(Cc1ccccn1)C(=O)c1cnc(N)cn1. The molecule has 0 saturated heterocycles. The minimum Gasteiger partial charge on any atom is -0.382 e. The van der Waals surface area contributed by atoms with Gasteiger partial charge in [-0.15, -0.1) is 0 Å². The van der Waals surface area contributed by atoms with Gasteiger partial charge in [-0.05, 0) is 19.1 Å². The molecule has 0 aromatic carbocycles. The van der Waals surface area contributed by atoms with Crippen molar-refractivity contribution in [3.8, 4) is 0 Å². The summed E-state index contributed by atoms with van der Waals surface area (Å²) in [6, 6.07) is 5.61. The number of hydrogen-bond donors (Lipinski definition) is 1. The molecule has 19 heavy (non-hydrogen) atoms. The Morgan fingerprint density at radius 1 is 1.26 bits per heavy atom. The fourth-order valence-electron chi connectivity index (χ4n) is 1.62. The summed E-state index contributed by atoms with van der Waals surface area (Å²) in [4.78, 5) is 26.0. The van der Waals surface area contributed by atoms with Crippen LogP contribution in [0.5, 0.6) is 0 Å². The molecule has 0 aliphatic rings. The minimum atomic E-state index is -0.180. The molecule has 6 heteroatoms. The first kappa shape index (κ1) is 12.9. The van der Waals surface area contributed by atoms with Crippen LogP contribution in [-0.4, -0.2) is 32.3 Å². The second-order valence-electron chi connectivity index (χ2n) is 3.97. The molecule has 2 N–H and O–H groups in total. The van der Waals surface area contributed by atoms with Crippen molar-refractivity contribution in [3.63, 3.8) is 0 Å². The van der Waals surface area contributed by atoms with E-state index in [0.717, 1.165) is 5.69 Å². The fraction of sp³-hybridized carbons (Fsp3) is 0.231. The Hall–Kier alpha value is -2.50. The van der Waals surface area contributed by atoms with Crippen LogP contribution in [0.1, 0.15) is 23.1 Å². The lowest BCUT2D eigenvalue weighted by atomic mass is 10.3. The summed E-state index contributed by atoms with van der Waals surface area (Å²) in [5, 5.41) is 0. The summed E-state index contributed by atoms with van der Waals surface area (Å²) < 4.78 is 0. The van der Waals surface area contributed by atoms with Gasteiger partial charge in [0.2, 0.25) is 0 Å². The van der Waals surface area contributed by atoms with E-state index in [4.69, 9.17) is 5.73 Å². The largest absolute Gasteiger partial charge is 0.382 e. The van der Waals surface area contributed by atoms with Crippen LogP contribution in [0.4, 0.5) is 5.82 Å². The summed E-state index contributed by atoms with van der Waals surface area (Å²) in [5.41, 5.74) is 6.57. The molecule has 2 aromatic rings. The molecule has 2 aromatic heterocycles. The number of hydrogen-bond acceptors (Lipinski definition) is 5.